The number of nitro groups is 1. The number of allylic oxidation sites excluding steroid dienone is 6. The van der Waals surface area contributed by atoms with E-state index in [4.69, 9.17) is 65.4 Å². The summed E-state index contributed by atoms with van der Waals surface area (Å²) in [6.07, 6.45) is 8.18. The zero-order valence-electron chi connectivity index (χ0n) is 71.3. The van der Waals surface area contributed by atoms with Gasteiger partial charge in [-0.3, -0.25) is 24.5 Å². The first-order valence-corrected chi connectivity index (χ1v) is 39.8. The molecule has 4 heterocycles. The van der Waals surface area contributed by atoms with E-state index < -0.39 is 29.1 Å². The maximum Gasteiger partial charge on any atom is 0.519 e. The van der Waals surface area contributed by atoms with Gasteiger partial charge in [0.25, 0.3) is 5.69 Å². The first kappa shape index (κ1) is 91.2. The van der Waals surface area contributed by atoms with E-state index in [0.29, 0.717) is 119 Å². The zero-order valence-corrected chi connectivity index (χ0v) is 71.3. The number of morpholine rings is 1. The van der Waals surface area contributed by atoms with Crippen LogP contribution < -0.4 is 68.6 Å². The fraction of sp³-hybridized carbons (Fsp3) is 0.242. The SMILES string of the molecule is COc1cc(/C=C2/C(C)=C(CC(=O)NCc3ccco3)c3cc(F)ccc32)cc(OC)c1OC(=O)N1CCOCC1.COc1cc(/C=C2/C(C)=C(CC(=O)NCc3ccco3)c3cc(F)ccc32)cc(OC)c1OC(=O)NCCN(C)C.COc1cc(/C=C2/C(C)=C(CC(=O)NCc3ccco3)c3cc(F)ccc32)cc(OC)c1OC(=O)Oc1ccc([N+](=O)[O-])cc1. The van der Waals surface area contributed by atoms with Crippen molar-refractivity contribution in [3.63, 3.8) is 0 Å². The number of rotatable bonds is 29. The van der Waals surface area contributed by atoms with Gasteiger partial charge in [0.05, 0.1) is 118 Å². The number of nitrogens with one attached hydrogen (secondary N) is 4. The third kappa shape index (κ3) is 22.9. The van der Waals surface area contributed by atoms with Crippen LogP contribution in [-0.2, 0) is 38.8 Å². The van der Waals surface area contributed by atoms with Crippen LogP contribution in [0.4, 0.5) is 33.2 Å². The molecule has 0 radical (unpaired) electrons. The van der Waals surface area contributed by atoms with Crippen LogP contribution in [0.2, 0.25) is 0 Å². The molecule has 4 N–H and O–H groups in total. The van der Waals surface area contributed by atoms with Crippen LogP contribution >= 0.6 is 0 Å². The maximum atomic E-state index is 14.4. The summed E-state index contributed by atoms with van der Waals surface area (Å²) in [5.41, 5.74) is 13.2. The summed E-state index contributed by atoms with van der Waals surface area (Å²) < 4.78 is 119. The molecular formula is C95H92F3N7O22. The maximum absolute atomic E-state index is 14.4. The van der Waals surface area contributed by atoms with E-state index in [2.05, 4.69) is 21.3 Å². The molecule has 29 nitrogen and oxygen atoms in total. The number of methoxy groups -OCH3 is 6. The molecule has 0 spiro atoms. The molecule has 660 valence electrons. The van der Waals surface area contributed by atoms with E-state index in [-0.39, 0.29) is 108 Å². The second-order valence-electron chi connectivity index (χ2n) is 29.2. The van der Waals surface area contributed by atoms with Crippen molar-refractivity contribution < 1.29 is 112 Å². The number of furan rings is 3. The molecule has 127 heavy (non-hydrogen) atoms. The Morgan fingerprint density at radius 1 is 0.449 bits per heavy atom. The smallest absolute Gasteiger partial charge is 0.493 e. The molecule has 0 saturated carbocycles. The van der Waals surface area contributed by atoms with Gasteiger partial charge in [-0.2, -0.15) is 0 Å². The summed E-state index contributed by atoms with van der Waals surface area (Å²) in [7, 11) is 12.5. The highest BCUT2D eigenvalue weighted by molar-refractivity contribution is 6.11. The van der Waals surface area contributed by atoms with Crippen LogP contribution in [0, 0.1) is 27.6 Å². The van der Waals surface area contributed by atoms with Crippen molar-refractivity contribution in [1.29, 1.82) is 0 Å². The van der Waals surface area contributed by atoms with E-state index in [1.54, 1.807) is 108 Å². The van der Waals surface area contributed by atoms with Gasteiger partial charge < -0.3 is 96.4 Å². The number of benzene rings is 7. The minimum absolute atomic E-state index is 0.0244. The number of fused-ring (bicyclic) bond motifs is 3. The van der Waals surface area contributed by atoms with Gasteiger partial charge in [-0.25, -0.2) is 27.6 Å². The number of non-ortho nitro benzene ring substituents is 1. The van der Waals surface area contributed by atoms with E-state index in [0.717, 1.165) is 61.3 Å². The van der Waals surface area contributed by atoms with Crippen molar-refractivity contribution in [1.82, 2.24) is 31.1 Å². The largest absolute Gasteiger partial charge is 0.519 e. The van der Waals surface area contributed by atoms with Gasteiger partial charge >= 0.3 is 18.3 Å². The van der Waals surface area contributed by atoms with Gasteiger partial charge in [0.1, 0.15) is 40.5 Å². The van der Waals surface area contributed by atoms with Crippen LogP contribution in [0.15, 0.2) is 200 Å². The van der Waals surface area contributed by atoms with Crippen molar-refractivity contribution in [2.75, 3.05) is 96.1 Å². The number of hydrogen-bond acceptors (Lipinski definition) is 23. The lowest BCUT2D eigenvalue weighted by atomic mass is 10.00. The molecule has 32 heteroatoms. The second-order valence-corrected chi connectivity index (χ2v) is 29.2. The lowest BCUT2D eigenvalue weighted by Gasteiger charge is -2.26. The zero-order chi connectivity index (χ0) is 90.5. The minimum atomic E-state index is -1.12. The topological polar surface area (TPSA) is 341 Å². The van der Waals surface area contributed by atoms with Crippen molar-refractivity contribution in [3.05, 3.63) is 282 Å². The Morgan fingerprint density at radius 2 is 0.795 bits per heavy atom. The molecule has 14 rings (SSSR count). The van der Waals surface area contributed by atoms with Crippen LogP contribution in [0.5, 0.6) is 57.5 Å². The number of nitrogens with zero attached hydrogens (tertiary/aromatic N) is 3. The number of hydrogen-bond donors (Lipinski definition) is 4. The summed E-state index contributed by atoms with van der Waals surface area (Å²) in [5.74, 6) is 1.87. The average Bonchev–Trinajstić information content (AvgIpc) is 1.62. The molecule has 0 bridgehead atoms. The molecule has 1 saturated heterocycles. The molecule has 3 aromatic heterocycles. The van der Waals surface area contributed by atoms with Crippen LogP contribution in [-0.4, -0.2) is 147 Å². The Hall–Kier alpha value is -15.1. The summed E-state index contributed by atoms with van der Waals surface area (Å²) in [4.78, 5) is 90.0. The summed E-state index contributed by atoms with van der Waals surface area (Å²) in [6.45, 7) is 9.25. The quantitative estimate of drug-likeness (QED) is 0.0146. The van der Waals surface area contributed by atoms with Gasteiger partial charge in [-0.1, -0.05) is 18.2 Å². The highest BCUT2D eigenvalue weighted by atomic mass is 19.1. The summed E-state index contributed by atoms with van der Waals surface area (Å²) in [6, 6.07) is 39.2. The summed E-state index contributed by atoms with van der Waals surface area (Å²) in [5, 5.41) is 22.1. The van der Waals surface area contributed by atoms with Crippen molar-refractivity contribution >= 4 is 93.4 Å². The number of amides is 5. The second kappa shape index (κ2) is 42.4. The molecule has 5 amide bonds. The number of nitro benzene ring substituents is 1. The van der Waals surface area contributed by atoms with E-state index in [1.165, 1.54) is 110 Å². The molecule has 7 aromatic carbocycles. The third-order valence-corrected chi connectivity index (χ3v) is 20.8. The fourth-order valence-electron chi connectivity index (χ4n) is 14.4. The number of halogens is 3. The molecule has 10 aromatic rings. The Kier molecular flexibility index (Phi) is 30.4. The van der Waals surface area contributed by atoms with E-state index >= 15 is 0 Å². The van der Waals surface area contributed by atoms with Crippen LogP contribution in [0.3, 0.4) is 0 Å². The number of likely N-dealkylation sites (N-methyl/N-ethyl adjacent to an activating group) is 1. The molecule has 0 atom stereocenters. The fourth-order valence-corrected chi connectivity index (χ4v) is 14.4. The normalized spacial score (nSPS) is 13.9. The van der Waals surface area contributed by atoms with Crippen molar-refractivity contribution in [2.45, 2.75) is 59.7 Å². The number of carbonyl (C=O) groups is 6. The van der Waals surface area contributed by atoms with Gasteiger partial charge in [0, 0.05) is 38.3 Å². The van der Waals surface area contributed by atoms with Gasteiger partial charge in [-0.05, 0) is 275 Å². The molecule has 3 aliphatic carbocycles. The first-order chi connectivity index (χ1) is 61.2. The third-order valence-electron chi connectivity index (χ3n) is 20.8. The van der Waals surface area contributed by atoms with Crippen molar-refractivity contribution in [2.24, 2.45) is 0 Å². The Labute approximate surface area is 728 Å². The average molecular weight is 1740 g/mol. The number of ether oxygens (including phenoxy) is 11. The number of carbonyl (C=O) groups excluding carboxylic acids is 6. The van der Waals surface area contributed by atoms with Gasteiger partial charge in [0.15, 0.2) is 34.5 Å². The minimum Gasteiger partial charge on any atom is -0.493 e. The highest BCUT2D eigenvalue weighted by Gasteiger charge is 2.32. The lowest BCUT2D eigenvalue weighted by molar-refractivity contribution is -0.384. The molecular weight excluding hydrogens is 1650 g/mol. The predicted octanol–water partition coefficient (Wildman–Crippen LogP) is 17.4. The first-order valence-electron chi connectivity index (χ1n) is 39.8. The van der Waals surface area contributed by atoms with Crippen molar-refractivity contribution in [3.8, 4) is 57.5 Å². The van der Waals surface area contributed by atoms with Gasteiger partial charge in [-0.15, -0.1) is 0 Å². The lowest BCUT2D eigenvalue weighted by Crippen LogP contribution is -2.42. The molecule has 1 aliphatic heterocycles. The molecule has 4 aliphatic rings. The van der Waals surface area contributed by atoms with Crippen LogP contribution in [0.25, 0.3) is 51.7 Å². The predicted molar refractivity (Wildman–Crippen MR) is 465 cm³/mol. The van der Waals surface area contributed by atoms with E-state index in [1.807, 2.05) is 58.0 Å². The van der Waals surface area contributed by atoms with Crippen LogP contribution in [0.1, 0.15) is 107 Å². The molecule has 0 unspecified atom stereocenters. The highest BCUT2D eigenvalue weighted by Crippen LogP contribution is 2.50. The Bertz CT molecular complexity index is 5870. The van der Waals surface area contributed by atoms with Gasteiger partial charge in [0.2, 0.25) is 35.0 Å². The standard InChI is InChI=1S/C33H27FN2O9.C31H34FN3O6.C31H31FN2O7/c1-19-26(25-11-6-21(34)16-28(25)27(19)17-31(37)35-18-24-5-4-12-43-24)13-20-14-29(41-2)32(30(15-20)42-3)45-33(38)44-23-9-7-22(8-10-23)36(39)40;1-19-24(13-20-14-27(38-4)30(28(15-20)39-5)41-31(37)33-10-11-35(2)3)23-9-8-21(32)16-26(23)25(19)17-29(36)34-18-22-7-6-12-40-22;1-19-24(23-7-6-21(32)16-26(23)25(19)17-29(35)33-18-22-5-4-10-40-22)13-20-14-27(37-2)30(28(15-20)38-3)41-31(36)34-8-11-39-12-9-34/h4-16H,17-18H2,1-3H3,(H,35,37);6-9,12-16H,10-11,17-18H2,1-5H3,(H,33,37)(H,34,36);4-7,10,13-16H,8-9,11-12,17-18H2,1-3H3,(H,33,35)/b26-13-;2*24-13-. The Balaban J connectivity index is 0.000000173. The molecule has 1 fully saturated rings. The monoisotopic (exact) mass is 1740 g/mol. The Morgan fingerprint density at radius 3 is 1.12 bits per heavy atom. The summed E-state index contributed by atoms with van der Waals surface area (Å²) >= 11 is 0. The van der Waals surface area contributed by atoms with E-state index in [9.17, 15) is 52.1 Å².